The molecule has 0 unspecified atom stereocenters. The van der Waals surface area contributed by atoms with Gasteiger partial charge in [0.25, 0.3) is 11.6 Å². The van der Waals surface area contributed by atoms with E-state index in [0.29, 0.717) is 0 Å². The third-order valence-electron chi connectivity index (χ3n) is 4.64. The first kappa shape index (κ1) is 18.1. The zero-order chi connectivity index (χ0) is 19.7. The summed E-state index contributed by atoms with van der Waals surface area (Å²) in [5.41, 5.74) is 2.81. The number of nitrogens with one attached hydrogen (secondary N) is 1. The first-order valence-electron chi connectivity index (χ1n) is 8.72. The van der Waals surface area contributed by atoms with Crippen molar-refractivity contribution in [3.05, 3.63) is 68.2 Å². The maximum Gasteiger partial charge on any atom is 0.322 e. The van der Waals surface area contributed by atoms with Crippen LogP contribution in [0.25, 0.3) is 11.5 Å². The Morgan fingerprint density at radius 2 is 1.89 bits per heavy atom. The van der Waals surface area contributed by atoms with E-state index in [1.165, 1.54) is 35.7 Å². The van der Waals surface area contributed by atoms with Crippen molar-refractivity contribution in [2.24, 2.45) is 0 Å². The Kier molecular flexibility index (Phi) is 4.79. The fraction of sp³-hybridized carbons (Fsp3) is 0.211. The van der Waals surface area contributed by atoms with Crippen LogP contribution in [0.1, 0.15) is 34.3 Å². The number of rotatable bonds is 4. The molecule has 2 aromatic carbocycles. The second kappa shape index (κ2) is 7.40. The van der Waals surface area contributed by atoms with Gasteiger partial charge in [0.15, 0.2) is 0 Å². The van der Waals surface area contributed by atoms with Gasteiger partial charge >= 0.3 is 6.01 Å². The van der Waals surface area contributed by atoms with Gasteiger partial charge in [-0.25, -0.2) is 0 Å². The normalized spacial score (nSPS) is 13.0. The van der Waals surface area contributed by atoms with E-state index in [-0.39, 0.29) is 28.2 Å². The summed E-state index contributed by atoms with van der Waals surface area (Å²) in [5.74, 6) is -0.487. The zero-order valence-corrected chi connectivity index (χ0v) is 15.4. The zero-order valence-electron chi connectivity index (χ0n) is 14.6. The lowest BCUT2D eigenvalue weighted by atomic mass is 9.90. The molecule has 1 N–H and O–H groups in total. The highest BCUT2D eigenvalue weighted by molar-refractivity contribution is 6.31. The third kappa shape index (κ3) is 3.59. The quantitative estimate of drug-likeness (QED) is 0.514. The minimum atomic E-state index is -0.755. The molecule has 0 radical (unpaired) electrons. The number of amides is 1. The molecule has 0 spiro atoms. The van der Waals surface area contributed by atoms with Crippen molar-refractivity contribution in [3.63, 3.8) is 0 Å². The van der Waals surface area contributed by atoms with Crippen molar-refractivity contribution < 1.29 is 14.1 Å². The summed E-state index contributed by atoms with van der Waals surface area (Å²) >= 11 is 5.86. The van der Waals surface area contributed by atoms with Gasteiger partial charge < -0.3 is 4.42 Å². The molecule has 142 valence electrons. The first-order valence-corrected chi connectivity index (χ1v) is 9.10. The van der Waals surface area contributed by atoms with E-state index in [0.717, 1.165) is 24.8 Å². The average Bonchev–Trinajstić information content (AvgIpc) is 3.15. The smallest absolute Gasteiger partial charge is 0.322 e. The predicted molar refractivity (Wildman–Crippen MR) is 102 cm³/mol. The Hall–Kier alpha value is -3.26. The van der Waals surface area contributed by atoms with Crippen molar-refractivity contribution in [3.8, 4) is 11.5 Å². The summed E-state index contributed by atoms with van der Waals surface area (Å²) in [4.78, 5) is 22.9. The third-order valence-corrected chi connectivity index (χ3v) is 4.88. The van der Waals surface area contributed by atoms with E-state index in [4.69, 9.17) is 16.0 Å². The van der Waals surface area contributed by atoms with E-state index in [2.05, 4.69) is 21.6 Å². The largest absolute Gasteiger partial charge is 0.403 e. The van der Waals surface area contributed by atoms with Gasteiger partial charge in [0, 0.05) is 16.7 Å². The Labute approximate surface area is 164 Å². The molecule has 1 aromatic heterocycles. The SMILES string of the molecule is O=C(Nc1nnc(-c2ccc3c(c2)CCCC3)o1)c1cc(Cl)ccc1[N+](=O)[O-]. The maximum atomic E-state index is 12.4. The Bertz CT molecular complexity index is 1080. The highest BCUT2D eigenvalue weighted by atomic mass is 35.5. The van der Waals surface area contributed by atoms with Crippen LogP contribution in [0.3, 0.4) is 0 Å². The van der Waals surface area contributed by atoms with Crippen LogP contribution in [0.15, 0.2) is 40.8 Å². The van der Waals surface area contributed by atoms with Gasteiger partial charge in [-0.15, -0.1) is 5.10 Å². The highest BCUT2D eigenvalue weighted by Gasteiger charge is 2.22. The van der Waals surface area contributed by atoms with Crippen LogP contribution >= 0.6 is 11.6 Å². The van der Waals surface area contributed by atoms with Crippen LogP contribution in [0, 0.1) is 10.1 Å². The lowest BCUT2D eigenvalue weighted by Crippen LogP contribution is -2.14. The molecule has 8 nitrogen and oxygen atoms in total. The average molecular weight is 399 g/mol. The highest BCUT2D eigenvalue weighted by Crippen LogP contribution is 2.28. The van der Waals surface area contributed by atoms with Crippen LogP contribution in [0.5, 0.6) is 0 Å². The van der Waals surface area contributed by atoms with Crippen molar-refractivity contribution >= 4 is 29.2 Å². The number of anilines is 1. The molecule has 0 fully saturated rings. The van der Waals surface area contributed by atoms with E-state index in [9.17, 15) is 14.9 Å². The molecule has 3 aromatic rings. The Morgan fingerprint density at radius 1 is 1.11 bits per heavy atom. The minimum Gasteiger partial charge on any atom is -0.403 e. The van der Waals surface area contributed by atoms with Gasteiger partial charge in [-0.2, -0.15) is 0 Å². The van der Waals surface area contributed by atoms with Gasteiger partial charge in [0.2, 0.25) is 5.89 Å². The number of aryl methyl sites for hydroxylation is 2. The van der Waals surface area contributed by atoms with E-state index >= 15 is 0 Å². The number of halogens is 1. The van der Waals surface area contributed by atoms with Crippen LogP contribution in [-0.4, -0.2) is 21.0 Å². The van der Waals surface area contributed by atoms with Crippen LogP contribution in [0.4, 0.5) is 11.7 Å². The molecule has 28 heavy (non-hydrogen) atoms. The number of carbonyl (C=O) groups is 1. The van der Waals surface area contributed by atoms with Crippen molar-refractivity contribution in [1.82, 2.24) is 10.2 Å². The van der Waals surface area contributed by atoms with Gasteiger partial charge in [-0.05, 0) is 61.1 Å². The minimum absolute atomic E-state index is 0.146. The second-order valence-electron chi connectivity index (χ2n) is 6.48. The monoisotopic (exact) mass is 398 g/mol. The summed E-state index contributed by atoms with van der Waals surface area (Å²) in [6.07, 6.45) is 4.43. The number of hydrogen-bond donors (Lipinski definition) is 1. The number of hydrogen-bond acceptors (Lipinski definition) is 6. The molecule has 0 atom stereocenters. The summed E-state index contributed by atoms with van der Waals surface area (Å²) in [5, 5.41) is 21.5. The number of nitrogens with zero attached hydrogens (tertiary/aromatic N) is 3. The molecular weight excluding hydrogens is 384 g/mol. The molecule has 1 aliphatic carbocycles. The van der Waals surface area contributed by atoms with Crippen molar-refractivity contribution in [2.45, 2.75) is 25.7 Å². The number of nitro groups is 1. The van der Waals surface area contributed by atoms with Crippen LogP contribution in [-0.2, 0) is 12.8 Å². The first-order chi connectivity index (χ1) is 13.5. The second-order valence-corrected chi connectivity index (χ2v) is 6.91. The summed E-state index contributed by atoms with van der Waals surface area (Å²) in [6.45, 7) is 0. The molecule has 0 aliphatic heterocycles. The lowest BCUT2D eigenvalue weighted by Gasteiger charge is -2.15. The Balaban J connectivity index is 1.57. The molecule has 0 saturated carbocycles. The standard InChI is InChI=1S/C19H15ClN4O4/c20-14-7-8-16(24(26)27)15(10-14)17(25)21-19-23-22-18(28-19)13-6-5-11-3-1-2-4-12(11)9-13/h5-10H,1-4H2,(H,21,23,25). The number of fused-ring (bicyclic) bond motifs is 1. The van der Waals surface area contributed by atoms with Crippen molar-refractivity contribution in [2.75, 3.05) is 5.32 Å². The van der Waals surface area contributed by atoms with Gasteiger partial charge in [0.05, 0.1) is 4.92 Å². The van der Waals surface area contributed by atoms with E-state index in [1.807, 2.05) is 12.1 Å². The lowest BCUT2D eigenvalue weighted by molar-refractivity contribution is -0.385. The predicted octanol–water partition coefficient (Wildman–Crippen LogP) is 4.43. The van der Waals surface area contributed by atoms with Crippen LogP contribution < -0.4 is 5.32 Å². The Morgan fingerprint density at radius 3 is 2.68 bits per heavy atom. The molecule has 0 bridgehead atoms. The van der Waals surface area contributed by atoms with Gasteiger partial charge in [-0.3, -0.25) is 20.2 Å². The van der Waals surface area contributed by atoms with Gasteiger partial charge in [0.1, 0.15) is 5.56 Å². The molecule has 1 heterocycles. The molecular formula is C19H15ClN4O4. The van der Waals surface area contributed by atoms with Crippen LogP contribution in [0.2, 0.25) is 5.02 Å². The molecule has 9 heteroatoms. The molecule has 1 amide bonds. The van der Waals surface area contributed by atoms with E-state index < -0.39 is 10.8 Å². The molecule has 0 saturated heterocycles. The fourth-order valence-corrected chi connectivity index (χ4v) is 3.44. The maximum absolute atomic E-state index is 12.4. The summed E-state index contributed by atoms with van der Waals surface area (Å²) in [7, 11) is 0. The summed E-state index contributed by atoms with van der Waals surface area (Å²) in [6, 6.07) is 9.57. The van der Waals surface area contributed by atoms with Gasteiger partial charge in [-0.1, -0.05) is 22.8 Å². The van der Waals surface area contributed by atoms with Crippen molar-refractivity contribution in [1.29, 1.82) is 0 Å². The number of benzene rings is 2. The number of aromatic nitrogens is 2. The summed E-state index contributed by atoms with van der Waals surface area (Å²) < 4.78 is 5.53. The topological polar surface area (TPSA) is 111 Å². The number of nitro benzene ring substituents is 1. The van der Waals surface area contributed by atoms with E-state index in [1.54, 1.807) is 0 Å². The number of carbonyl (C=O) groups excluding carboxylic acids is 1. The molecule has 1 aliphatic rings. The fourth-order valence-electron chi connectivity index (χ4n) is 3.27. The molecule has 4 rings (SSSR count).